The van der Waals surface area contributed by atoms with Crippen molar-refractivity contribution in [2.75, 3.05) is 23.1 Å². The highest BCUT2D eigenvalue weighted by atomic mass is 32.2. The number of nitrogen functional groups attached to an aromatic ring is 1. The molecule has 4 N–H and O–H groups in total. The van der Waals surface area contributed by atoms with Crippen molar-refractivity contribution in [1.29, 1.82) is 5.41 Å². The van der Waals surface area contributed by atoms with Crippen LogP contribution < -0.4 is 20.1 Å². The maximum Gasteiger partial charge on any atom is 0.235 e. The first-order valence-corrected chi connectivity index (χ1v) is 12.4. The van der Waals surface area contributed by atoms with Gasteiger partial charge in [-0.2, -0.15) is 0 Å². The lowest BCUT2D eigenvalue weighted by atomic mass is 9.98. The van der Waals surface area contributed by atoms with E-state index in [4.69, 9.17) is 15.9 Å². The van der Waals surface area contributed by atoms with Gasteiger partial charge >= 0.3 is 0 Å². The van der Waals surface area contributed by atoms with Crippen LogP contribution in [0.5, 0.6) is 5.75 Å². The van der Waals surface area contributed by atoms with Crippen LogP contribution in [0.1, 0.15) is 29.7 Å². The number of sulfonamides is 1. The van der Waals surface area contributed by atoms with Crippen LogP contribution in [0.3, 0.4) is 0 Å². The van der Waals surface area contributed by atoms with Crippen molar-refractivity contribution in [3.05, 3.63) is 71.3 Å². The number of hydrogen-bond acceptors (Lipinski definition) is 5. The molecule has 0 aliphatic carbocycles. The summed E-state index contributed by atoms with van der Waals surface area (Å²) in [5, 5.41) is 12.9. The van der Waals surface area contributed by atoms with Gasteiger partial charge in [0.2, 0.25) is 10.0 Å². The van der Waals surface area contributed by atoms with Crippen LogP contribution in [0.15, 0.2) is 54.6 Å². The molecule has 0 spiro atoms. The van der Waals surface area contributed by atoms with Crippen LogP contribution in [0.25, 0.3) is 10.8 Å². The molecule has 1 unspecified atom stereocenters. The van der Waals surface area contributed by atoms with Gasteiger partial charge in [0.15, 0.2) is 0 Å². The third-order valence-electron chi connectivity index (χ3n) is 6.26. The summed E-state index contributed by atoms with van der Waals surface area (Å²) < 4.78 is 33.8. The largest absolute Gasteiger partial charge is 0.488 e. The molecule has 0 aromatic heterocycles. The monoisotopic (exact) mass is 450 g/mol. The minimum Gasteiger partial charge on any atom is -0.488 e. The number of amidine groups is 1. The van der Waals surface area contributed by atoms with Gasteiger partial charge in [-0.25, -0.2) is 8.42 Å². The van der Waals surface area contributed by atoms with E-state index in [1.54, 1.807) is 11.2 Å². The molecule has 0 radical (unpaired) electrons. The first-order chi connectivity index (χ1) is 15.4. The summed E-state index contributed by atoms with van der Waals surface area (Å²) in [5.41, 5.74) is 8.91. The Labute approximate surface area is 187 Å². The Balaban J connectivity index is 1.56. The predicted octanol–water partition coefficient (Wildman–Crippen LogP) is 2.93. The van der Waals surface area contributed by atoms with E-state index in [-0.39, 0.29) is 23.7 Å². The number of nitrogens with zero attached hydrogens (tertiary/aromatic N) is 1. The lowest BCUT2D eigenvalue weighted by Crippen LogP contribution is -2.50. The number of hydrogen-bond donors (Lipinski definition) is 3. The van der Waals surface area contributed by atoms with Crippen LogP contribution in [0, 0.1) is 5.41 Å². The van der Waals surface area contributed by atoms with E-state index in [1.165, 1.54) is 0 Å². The fourth-order valence-corrected chi connectivity index (χ4v) is 5.73. The molecule has 0 amide bonds. The molecule has 3 aromatic carbocycles. The van der Waals surface area contributed by atoms with Crippen LogP contribution in [0.2, 0.25) is 0 Å². The second-order valence-electron chi connectivity index (χ2n) is 8.34. The topological polar surface area (TPSA) is 109 Å². The zero-order chi connectivity index (χ0) is 22.5. The highest BCUT2D eigenvalue weighted by Gasteiger charge is 2.38. The molecule has 1 atom stereocenters. The summed E-state index contributed by atoms with van der Waals surface area (Å²) in [5.74, 6) is 0.807. The molecule has 5 rings (SSSR count). The Morgan fingerprint density at radius 3 is 2.59 bits per heavy atom. The summed E-state index contributed by atoms with van der Waals surface area (Å²) in [7, 11) is -3.48. The van der Waals surface area contributed by atoms with Gasteiger partial charge in [0, 0.05) is 25.1 Å². The van der Waals surface area contributed by atoms with Crippen LogP contribution in [-0.4, -0.2) is 39.2 Å². The van der Waals surface area contributed by atoms with Crippen molar-refractivity contribution in [3.8, 4) is 5.75 Å². The van der Waals surface area contributed by atoms with E-state index < -0.39 is 10.0 Å². The zero-order valence-electron chi connectivity index (χ0n) is 17.8. The Bertz CT molecular complexity index is 1320. The first kappa shape index (κ1) is 20.8. The Hall–Kier alpha value is -3.10. The van der Waals surface area contributed by atoms with Gasteiger partial charge < -0.3 is 15.8 Å². The smallest absolute Gasteiger partial charge is 0.235 e. The molecule has 2 aliphatic rings. The van der Waals surface area contributed by atoms with E-state index in [2.05, 4.69) is 5.32 Å². The van der Waals surface area contributed by atoms with E-state index in [0.29, 0.717) is 17.7 Å². The number of nitrogens with one attached hydrogen (secondary N) is 2. The van der Waals surface area contributed by atoms with Gasteiger partial charge in [-0.15, -0.1) is 0 Å². The summed E-state index contributed by atoms with van der Waals surface area (Å²) in [6.45, 7) is 3.33. The molecule has 2 aliphatic heterocycles. The number of anilines is 1. The number of fused-ring (bicyclic) bond motifs is 2. The van der Waals surface area contributed by atoms with Gasteiger partial charge in [-0.05, 0) is 59.2 Å². The molecular weight excluding hydrogens is 424 g/mol. The average molecular weight is 451 g/mol. The van der Waals surface area contributed by atoms with Gasteiger partial charge in [0.25, 0.3) is 0 Å². The van der Waals surface area contributed by atoms with Crippen LogP contribution in [-0.2, 0) is 16.4 Å². The molecule has 7 nitrogen and oxygen atoms in total. The fraction of sp³-hybridized carbons (Fsp3) is 0.292. The molecule has 1 saturated heterocycles. The van der Waals surface area contributed by atoms with E-state index in [9.17, 15) is 8.42 Å². The molecule has 0 saturated carbocycles. The normalized spacial score (nSPS) is 18.4. The Morgan fingerprint density at radius 1 is 1.12 bits per heavy atom. The summed E-state index contributed by atoms with van der Waals surface area (Å²) in [6.07, 6.45) is 0.740. The number of rotatable bonds is 6. The molecule has 8 heteroatoms. The van der Waals surface area contributed by atoms with E-state index in [1.807, 2.05) is 54.6 Å². The van der Waals surface area contributed by atoms with Crippen molar-refractivity contribution < 1.29 is 13.2 Å². The number of benzene rings is 3. The zero-order valence-corrected chi connectivity index (χ0v) is 18.7. The molecule has 0 bridgehead atoms. The molecule has 166 valence electrons. The van der Waals surface area contributed by atoms with Gasteiger partial charge in [0.05, 0.1) is 17.5 Å². The SMILES string of the molecule is CCS(=O)(=O)N1c2ccc(OC3CNC3)cc2CC1c1ccc2ccc(C(=N)N)cc2c1. The number of ether oxygens (including phenoxy) is 1. The molecular formula is C24H26N4O3S. The highest BCUT2D eigenvalue weighted by molar-refractivity contribution is 7.92. The van der Waals surface area contributed by atoms with Crippen molar-refractivity contribution in [2.45, 2.75) is 25.5 Å². The number of nitrogens with two attached hydrogens (primary N) is 1. The van der Waals surface area contributed by atoms with Gasteiger partial charge in [-0.1, -0.05) is 24.3 Å². The second kappa shape index (κ2) is 7.79. The lowest BCUT2D eigenvalue weighted by Gasteiger charge is -2.28. The average Bonchev–Trinajstić information content (AvgIpc) is 3.15. The van der Waals surface area contributed by atoms with Crippen molar-refractivity contribution in [2.24, 2.45) is 5.73 Å². The predicted molar refractivity (Wildman–Crippen MR) is 127 cm³/mol. The van der Waals surface area contributed by atoms with E-state index >= 15 is 0 Å². The highest BCUT2D eigenvalue weighted by Crippen LogP contribution is 2.44. The maximum atomic E-state index is 13.1. The minimum absolute atomic E-state index is 0.00922. The first-order valence-electron chi connectivity index (χ1n) is 10.8. The third kappa shape index (κ3) is 3.59. The fourth-order valence-electron chi connectivity index (χ4n) is 4.39. The molecule has 32 heavy (non-hydrogen) atoms. The molecule has 3 aromatic rings. The van der Waals surface area contributed by atoms with E-state index in [0.717, 1.165) is 40.7 Å². The summed E-state index contributed by atoms with van der Waals surface area (Å²) >= 11 is 0. The Morgan fingerprint density at radius 2 is 1.91 bits per heavy atom. The third-order valence-corrected chi connectivity index (χ3v) is 8.04. The molecule has 2 heterocycles. The quantitative estimate of drug-likeness (QED) is 0.395. The van der Waals surface area contributed by atoms with Crippen molar-refractivity contribution in [3.63, 3.8) is 0 Å². The summed E-state index contributed by atoms with van der Waals surface area (Å²) in [4.78, 5) is 0. The van der Waals surface area contributed by atoms with Gasteiger partial charge in [0.1, 0.15) is 17.7 Å². The summed E-state index contributed by atoms with van der Waals surface area (Å²) in [6, 6.07) is 17.0. The second-order valence-corrected chi connectivity index (χ2v) is 10.5. The van der Waals surface area contributed by atoms with Crippen LogP contribution in [0.4, 0.5) is 5.69 Å². The minimum atomic E-state index is -3.48. The maximum absolute atomic E-state index is 13.1. The Kier molecular flexibility index (Phi) is 5.06. The standard InChI is InChI=1S/C24H26N4O3S/c1-2-32(29,30)28-22-8-7-20(31-21-13-27-14-21)11-19(22)12-23(28)16-5-3-15-4-6-17(24(25)26)10-18(15)9-16/h3-11,21,23,27H,2,12-14H2,1H3,(H3,25,26). The van der Waals surface area contributed by atoms with Gasteiger partial charge in [-0.3, -0.25) is 9.71 Å². The molecule has 1 fully saturated rings. The van der Waals surface area contributed by atoms with Crippen molar-refractivity contribution >= 4 is 32.3 Å². The lowest BCUT2D eigenvalue weighted by molar-refractivity contribution is 0.142. The van der Waals surface area contributed by atoms with Crippen molar-refractivity contribution in [1.82, 2.24) is 5.32 Å². The van der Waals surface area contributed by atoms with Crippen LogP contribution >= 0.6 is 0 Å².